The van der Waals surface area contributed by atoms with Crippen LogP contribution < -0.4 is 16.2 Å². The topological polar surface area (TPSA) is 66.4 Å². The van der Waals surface area contributed by atoms with Crippen LogP contribution in [0.4, 0.5) is 4.39 Å². The van der Waals surface area contributed by atoms with E-state index in [0.29, 0.717) is 34.0 Å². The van der Waals surface area contributed by atoms with E-state index in [0.717, 1.165) is 62.1 Å². The molecule has 2 N–H and O–H groups in total. The van der Waals surface area contributed by atoms with Crippen molar-refractivity contribution in [3.63, 3.8) is 0 Å². The van der Waals surface area contributed by atoms with Gasteiger partial charge in [0.15, 0.2) is 0 Å². The largest absolute Gasteiger partial charge is 0.349 e. The van der Waals surface area contributed by atoms with Gasteiger partial charge in [0.1, 0.15) is 5.82 Å². The predicted octanol–water partition coefficient (Wildman–Crippen LogP) is 4.21. The van der Waals surface area contributed by atoms with Gasteiger partial charge in [-0.15, -0.1) is 0 Å². The molecule has 6 nitrogen and oxygen atoms in total. The molecule has 1 amide bonds. The minimum Gasteiger partial charge on any atom is -0.349 e. The molecule has 0 radical (unpaired) electrons. The van der Waals surface area contributed by atoms with Gasteiger partial charge in [0.25, 0.3) is 11.5 Å². The molecule has 1 aromatic heterocycles. The Morgan fingerprint density at radius 1 is 1.14 bits per heavy atom. The van der Waals surface area contributed by atoms with Crippen molar-refractivity contribution in [2.24, 2.45) is 5.92 Å². The van der Waals surface area contributed by atoms with Gasteiger partial charge < -0.3 is 15.2 Å². The fraction of sp³-hybridized carbons (Fsp3) is 0.467. The lowest BCUT2D eigenvalue weighted by atomic mass is 9.94. The van der Waals surface area contributed by atoms with Crippen molar-refractivity contribution in [2.75, 3.05) is 19.6 Å². The first kappa shape index (κ1) is 24.3. The van der Waals surface area contributed by atoms with E-state index in [2.05, 4.69) is 28.7 Å². The number of amides is 1. The van der Waals surface area contributed by atoms with Gasteiger partial charge in [-0.3, -0.25) is 14.5 Å². The second-order valence-electron chi connectivity index (χ2n) is 11.2. The Kier molecular flexibility index (Phi) is 6.37. The molecule has 1 aliphatic heterocycles. The van der Waals surface area contributed by atoms with E-state index < -0.39 is 5.82 Å². The van der Waals surface area contributed by atoms with Crippen molar-refractivity contribution in [3.8, 4) is 11.1 Å². The van der Waals surface area contributed by atoms with Crippen molar-refractivity contribution in [2.45, 2.75) is 64.7 Å². The zero-order chi connectivity index (χ0) is 25.7. The average molecular weight is 503 g/mol. The Hall–Kier alpha value is -3.03. The number of nitrogens with one attached hydrogen (secondary N) is 2. The Balaban J connectivity index is 1.44. The van der Waals surface area contributed by atoms with Crippen LogP contribution in [-0.2, 0) is 13.1 Å². The minimum absolute atomic E-state index is 0.0334. The molecule has 0 spiro atoms. The molecule has 1 atom stereocenters. The summed E-state index contributed by atoms with van der Waals surface area (Å²) >= 11 is 0. The third-order valence-corrected chi connectivity index (χ3v) is 8.16. The number of hydrogen-bond donors (Lipinski definition) is 2. The zero-order valence-corrected chi connectivity index (χ0v) is 21.6. The minimum atomic E-state index is -0.395. The monoisotopic (exact) mass is 502 g/mol. The molecular formula is C30H35FN4O2. The highest BCUT2D eigenvalue weighted by Crippen LogP contribution is 2.33. The van der Waals surface area contributed by atoms with Gasteiger partial charge in [0.2, 0.25) is 0 Å². The summed E-state index contributed by atoms with van der Waals surface area (Å²) < 4.78 is 16.9. The van der Waals surface area contributed by atoms with Gasteiger partial charge in [-0.05, 0) is 97.4 Å². The number of nitrogens with zero attached hydrogens (tertiary/aromatic N) is 2. The van der Waals surface area contributed by atoms with Crippen LogP contribution in [0.2, 0.25) is 0 Å². The molecule has 6 rings (SSSR count). The third kappa shape index (κ3) is 5.07. The molecule has 3 aliphatic rings. The highest BCUT2D eigenvalue weighted by molar-refractivity contribution is 5.97. The molecule has 2 aliphatic carbocycles. The molecule has 7 heteroatoms. The summed E-state index contributed by atoms with van der Waals surface area (Å²) in [5, 5.41) is 8.02. The van der Waals surface area contributed by atoms with Gasteiger partial charge in [0.05, 0.1) is 0 Å². The molecule has 3 fully saturated rings. The van der Waals surface area contributed by atoms with Crippen LogP contribution in [0.3, 0.4) is 0 Å². The van der Waals surface area contributed by atoms with Gasteiger partial charge in [-0.1, -0.05) is 6.07 Å². The molecule has 1 saturated heterocycles. The number of carbonyl (C=O) groups is 1. The number of rotatable bonds is 7. The van der Waals surface area contributed by atoms with E-state index >= 15 is 0 Å². The summed E-state index contributed by atoms with van der Waals surface area (Å²) in [6.07, 6.45) is 6.37. The van der Waals surface area contributed by atoms with Crippen LogP contribution in [0, 0.1) is 18.7 Å². The van der Waals surface area contributed by atoms with Gasteiger partial charge in [0, 0.05) is 62.0 Å². The van der Waals surface area contributed by atoms with Gasteiger partial charge >= 0.3 is 0 Å². The third-order valence-electron chi connectivity index (χ3n) is 8.16. The number of carbonyl (C=O) groups excluding carboxylic acids is 1. The van der Waals surface area contributed by atoms with E-state index in [1.165, 1.54) is 18.9 Å². The van der Waals surface area contributed by atoms with E-state index in [1.807, 2.05) is 22.8 Å². The van der Waals surface area contributed by atoms with Crippen molar-refractivity contribution in [3.05, 3.63) is 69.4 Å². The number of aromatic nitrogens is 1. The molecule has 0 unspecified atom stereocenters. The molecular weight excluding hydrogens is 467 g/mol. The van der Waals surface area contributed by atoms with E-state index in [1.54, 1.807) is 13.0 Å². The van der Waals surface area contributed by atoms with E-state index in [4.69, 9.17) is 0 Å². The Morgan fingerprint density at radius 2 is 1.95 bits per heavy atom. The first-order chi connectivity index (χ1) is 17.9. The Bertz CT molecular complexity index is 1420. The van der Waals surface area contributed by atoms with Crippen LogP contribution in [0.1, 0.15) is 54.1 Å². The summed E-state index contributed by atoms with van der Waals surface area (Å²) in [4.78, 5) is 28.6. The summed E-state index contributed by atoms with van der Waals surface area (Å²) in [5.74, 6) is -0.0384. The Labute approximate surface area is 216 Å². The van der Waals surface area contributed by atoms with Crippen molar-refractivity contribution in [1.82, 2.24) is 20.1 Å². The fourth-order valence-corrected chi connectivity index (χ4v) is 5.42. The maximum Gasteiger partial charge on any atom is 0.258 e. The lowest BCUT2D eigenvalue weighted by molar-refractivity contribution is 0.0950. The molecule has 194 valence electrons. The second-order valence-corrected chi connectivity index (χ2v) is 11.2. The SMILES string of the molecule is Cc1c(F)cc(C(=O)NC2CC2)cc1-c1ccc2c(=O)n(CC3CC3)cc(CN3CCNC[C@H]3C)c2c1. The van der Waals surface area contributed by atoms with Crippen molar-refractivity contribution >= 4 is 16.7 Å². The number of fused-ring (bicyclic) bond motifs is 1. The molecule has 2 aromatic carbocycles. The maximum atomic E-state index is 15.0. The first-order valence-electron chi connectivity index (χ1n) is 13.6. The van der Waals surface area contributed by atoms with Crippen molar-refractivity contribution < 1.29 is 9.18 Å². The first-order valence-corrected chi connectivity index (χ1v) is 13.6. The quantitative estimate of drug-likeness (QED) is 0.508. The van der Waals surface area contributed by atoms with Gasteiger partial charge in [-0.2, -0.15) is 0 Å². The van der Waals surface area contributed by atoms with E-state index in [9.17, 15) is 14.0 Å². The van der Waals surface area contributed by atoms with E-state index in [-0.39, 0.29) is 17.5 Å². The zero-order valence-electron chi connectivity index (χ0n) is 21.6. The predicted molar refractivity (Wildman–Crippen MR) is 144 cm³/mol. The summed E-state index contributed by atoms with van der Waals surface area (Å²) in [5.41, 5.74) is 3.49. The van der Waals surface area contributed by atoms with Crippen LogP contribution in [0.15, 0.2) is 41.3 Å². The van der Waals surface area contributed by atoms with Crippen LogP contribution in [0.5, 0.6) is 0 Å². The highest BCUT2D eigenvalue weighted by atomic mass is 19.1. The molecule has 2 saturated carbocycles. The fourth-order valence-electron chi connectivity index (χ4n) is 5.42. The smallest absolute Gasteiger partial charge is 0.258 e. The molecule has 37 heavy (non-hydrogen) atoms. The highest BCUT2D eigenvalue weighted by Gasteiger charge is 2.26. The average Bonchev–Trinajstić information content (AvgIpc) is 3.82. The number of piperazine rings is 1. The number of benzene rings is 2. The normalized spacial score (nSPS) is 20.4. The maximum absolute atomic E-state index is 15.0. The van der Waals surface area contributed by atoms with Crippen LogP contribution in [0.25, 0.3) is 21.9 Å². The Morgan fingerprint density at radius 3 is 2.68 bits per heavy atom. The molecule has 0 bridgehead atoms. The lowest BCUT2D eigenvalue weighted by Gasteiger charge is -2.34. The molecule has 2 heterocycles. The summed E-state index contributed by atoms with van der Waals surface area (Å²) in [6.45, 7) is 8.34. The number of halogens is 1. The lowest BCUT2D eigenvalue weighted by Crippen LogP contribution is -2.49. The summed E-state index contributed by atoms with van der Waals surface area (Å²) in [6, 6.07) is 9.50. The molecule has 3 aromatic rings. The van der Waals surface area contributed by atoms with Gasteiger partial charge in [-0.25, -0.2) is 4.39 Å². The standard InChI is InChI=1S/C30H35FN4O2/c1-18-14-32-9-10-34(18)16-23-17-35(15-20-3-4-20)30(37)25-8-5-21(11-27(23)25)26-12-22(13-28(31)19(26)2)29(36)33-24-6-7-24/h5,8,11-13,17-18,20,24,32H,3-4,6-7,9-10,14-16H2,1-2H3,(H,33,36)/t18-/m1/s1. The van der Waals surface area contributed by atoms with Crippen LogP contribution in [-0.4, -0.2) is 47.1 Å². The summed E-state index contributed by atoms with van der Waals surface area (Å²) in [7, 11) is 0. The number of pyridine rings is 1. The van der Waals surface area contributed by atoms with Crippen molar-refractivity contribution in [1.29, 1.82) is 0 Å². The second kappa shape index (κ2) is 9.69. The van der Waals surface area contributed by atoms with Crippen LogP contribution >= 0.6 is 0 Å². The number of hydrogen-bond acceptors (Lipinski definition) is 4.